The van der Waals surface area contributed by atoms with Gasteiger partial charge in [-0.3, -0.25) is 0 Å². The van der Waals surface area contributed by atoms with Gasteiger partial charge in [-0.25, -0.2) is 4.98 Å². The highest BCUT2D eigenvalue weighted by atomic mass is 35.5. The van der Waals surface area contributed by atoms with Crippen LogP contribution in [0, 0.1) is 0 Å². The molecule has 18 heavy (non-hydrogen) atoms. The van der Waals surface area contributed by atoms with Gasteiger partial charge in [-0.15, -0.1) is 0 Å². The normalized spacial score (nSPS) is 20.4. The fourth-order valence-electron chi connectivity index (χ4n) is 2.59. The van der Waals surface area contributed by atoms with E-state index in [4.69, 9.17) is 17.3 Å². The molecule has 3 N–H and O–H groups in total. The number of rotatable bonds is 2. The lowest BCUT2D eigenvalue weighted by Gasteiger charge is -2.22. The predicted octanol–water partition coefficient (Wildman–Crippen LogP) is 2.25. The van der Waals surface area contributed by atoms with Crippen molar-refractivity contribution in [2.75, 3.05) is 12.3 Å². The number of nitrogens with two attached hydrogens (primary N) is 1. The van der Waals surface area contributed by atoms with Crippen LogP contribution < -0.4 is 11.1 Å². The third-order valence-corrected chi connectivity index (χ3v) is 3.82. The Morgan fingerprint density at radius 3 is 3.17 bits per heavy atom. The molecular weight excluding hydrogens is 248 g/mol. The highest BCUT2D eigenvalue weighted by Gasteiger charge is 2.17. The zero-order chi connectivity index (χ0) is 12.5. The molecule has 1 saturated heterocycles. The van der Waals surface area contributed by atoms with Crippen molar-refractivity contribution >= 4 is 22.8 Å². The summed E-state index contributed by atoms with van der Waals surface area (Å²) in [5.41, 5.74) is 7.38. The lowest BCUT2D eigenvalue weighted by molar-refractivity contribution is 0.394. The Bertz CT molecular complexity index is 557. The van der Waals surface area contributed by atoms with Gasteiger partial charge in [-0.1, -0.05) is 18.0 Å². The van der Waals surface area contributed by atoms with Crippen LogP contribution in [0.15, 0.2) is 18.3 Å². The largest absolute Gasteiger partial charge is 0.399 e. The second-order valence-electron chi connectivity index (χ2n) is 4.89. The number of imidazole rings is 1. The molecule has 1 aliphatic rings. The zero-order valence-electron chi connectivity index (χ0n) is 10.2. The Morgan fingerprint density at radius 2 is 2.39 bits per heavy atom. The van der Waals surface area contributed by atoms with Gasteiger partial charge in [0, 0.05) is 24.3 Å². The number of hydrogen-bond donors (Lipinski definition) is 2. The summed E-state index contributed by atoms with van der Waals surface area (Å²) in [5, 5.41) is 4.07. The summed E-state index contributed by atoms with van der Waals surface area (Å²) in [5.74, 6) is 1.01. The van der Waals surface area contributed by atoms with Gasteiger partial charge in [-0.2, -0.15) is 0 Å². The molecule has 0 aliphatic carbocycles. The van der Waals surface area contributed by atoms with Crippen molar-refractivity contribution in [2.24, 2.45) is 0 Å². The van der Waals surface area contributed by atoms with Gasteiger partial charge in [0.15, 0.2) is 5.15 Å². The molecule has 0 radical (unpaired) electrons. The van der Waals surface area contributed by atoms with Crippen LogP contribution in [0.2, 0.25) is 5.15 Å². The monoisotopic (exact) mass is 264 g/mol. The van der Waals surface area contributed by atoms with E-state index in [9.17, 15) is 0 Å². The van der Waals surface area contributed by atoms with Crippen LogP contribution in [0.3, 0.4) is 0 Å². The maximum absolute atomic E-state index is 6.16. The fourth-order valence-corrected chi connectivity index (χ4v) is 2.83. The van der Waals surface area contributed by atoms with Crippen LogP contribution >= 0.6 is 11.6 Å². The molecule has 0 saturated carbocycles. The van der Waals surface area contributed by atoms with E-state index in [0.29, 0.717) is 16.9 Å². The van der Waals surface area contributed by atoms with Crippen molar-refractivity contribution in [3.8, 4) is 0 Å². The standard InChI is InChI=1S/C13H17ClN4/c14-13-11-7-9(15)4-6-18(11)12(17-13)8-10-3-1-2-5-16-10/h4,6-7,10,16H,1-3,5,8,15H2. The average Bonchev–Trinajstić information content (AvgIpc) is 2.67. The molecule has 1 atom stereocenters. The van der Waals surface area contributed by atoms with E-state index in [1.165, 1.54) is 19.3 Å². The maximum Gasteiger partial charge on any atom is 0.155 e. The van der Waals surface area contributed by atoms with Crippen LogP contribution in [-0.4, -0.2) is 22.0 Å². The number of nitrogen functional groups attached to an aromatic ring is 1. The first-order chi connectivity index (χ1) is 8.74. The van der Waals surface area contributed by atoms with E-state index in [1.54, 1.807) is 0 Å². The summed E-state index contributed by atoms with van der Waals surface area (Å²) in [6.07, 6.45) is 6.64. The SMILES string of the molecule is Nc1ccn2c(CC3CCCCN3)nc(Cl)c2c1. The number of anilines is 1. The minimum atomic E-state index is 0.512. The highest BCUT2D eigenvalue weighted by Crippen LogP contribution is 2.22. The Kier molecular flexibility index (Phi) is 3.14. The van der Waals surface area contributed by atoms with E-state index >= 15 is 0 Å². The van der Waals surface area contributed by atoms with Gasteiger partial charge in [0.05, 0.1) is 5.52 Å². The lowest BCUT2D eigenvalue weighted by atomic mass is 10.0. The third-order valence-electron chi connectivity index (χ3n) is 3.54. The van der Waals surface area contributed by atoms with Gasteiger partial charge in [0.25, 0.3) is 0 Å². The molecule has 5 heteroatoms. The molecule has 1 unspecified atom stereocenters. The van der Waals surface area contributed by atoms with Crippen LogP contribution in [0.25, 0.3) is 5.52 Å². The van der Waals surface area contributed by atoms with Gasteiger partial charge in [0.1, 0.15) is 5.82 Å². The highest BCUT2D eigenvalue weighted by molar-refractivity contribution is 6.32. The summed E-state index contributed by atoms with van der Waals surface area (Å²) in [6, 6.07) is 4.26. The summed E-state index contributed by atoms with van der Waals surface area (Å²) in [6.45, 7) is 1.11. The molecule has 4 nitrogen and oxygen atoms in total. The predicted molar refractivity (Wildman–Crippen MR) is 74.0 cm³/mol. The van der Waals surface area contributed by atoms with Crippen LogP contribution in [0.1, 0.15) is 25.1 Å². The molecule has 0 spiro atoms. The number of nitrogens with one attached hydrogen (secondary N) is 1. The third kappa shape index (κ3) is 2.18. The van der Waals surface area contributed by atoms with E-state index in [0.717, 1.165) is 24.3 Å². The minimum absolute atomic E-state index is 0.512. The van der Waals surface area contributed by atoms with Crippen molar-refractivity contribution < 1.29 is 0 Å². The molecule has 0 aromatic carbocycles. The molecule has 0 amide bonds. The van der Waals surface area contributed by atoms with E-state index < -0.39 is 0 Å². The summed E-state index contributed by atoms with van der Waals surface area (Å²) >= 11 is 6.16. The first kappa shape index (κ1) is 11.8. The Labute approximate surface area is 111 Å². The number of aromatic nitrogens is 2. The second-order valence-corrected chi connectivity index (χ2v) is 5.24. The molecule has 1 fully saturated rings. The van der Waals surface area contributed by atoms with Crippen LogP contribution in [0.4, 0.5) is 5.69 Å². The van der Waals surface area contributed by atoms with E-state index in [-0.39, 0.29) is 0 Å². The molecular formula is C13H17ClN4. The van der Waals surface area contributed by atoms with Crippen molar-refractivity contribution in [2.45, 2.75) is 31.7 Å². The number of pyridine rings is 1. The van der Waals surface area contributed by atoms with Gasteiger partial charge >= 0.3 is 0 Å². The molecule has 96 valence electrons. The smallest absolute Gasteiger partial charge is 0.155 e. The molecule has 2 aromatic rings. The summed E-state index contributed by atoms with van der Waals surface area (Å²) in [7, 11) is 0. The van der Waals surface area contributed by atoms with Crippen LogP contribution in [0.5, 0.6) is 0 Å². The molecule has 3 heterocycles. The summed E-state index contributed by atoms with van der Waals surface area (Å²) in [4.78, 5) is 4.46. The lowest BCUT2D eigenvalue weighted by Crippen LogP contribution is -2.36. The Hall–Kier alpha value is -1.26. The minimum Gasteiger partial charge on any atom is -0.399 e. The van der Waals surface area contributed by atoms with E-state index in [2.05, 4.69) is 10.3 Å². The number of nitrogens with zero attached hydrogens (tertiary/aromatic N) is 2. The van der Waals surface area contributed by atoms with Crippen molar-refractivity contribution in [1.82, 2.24) is 14.7 Å². The van der Waals surface area contributed by atoms with Gasteiger partial charge in [0.2, 0.25) is 0 Å². The Balaban J connectivity index is 1.91. The number of piperidine rings is 1. The molecule has 2 aromatic heterocycles. The first-order valence-electron chi connectivity index (χ1n) is 6.39. The van der Waals surface area contributed by atoms with Crippen molar-refractivity contribution in [3.63, 3.8) is 0 Å². The molecule has 0 bridgehead atoms. The topological polar surface area (TPSA) is 55.4 Å². The number of hydrogen-bond acceptors (Lipinski definition) is 3. The quantitative estimate of drug-likeness (QED) is 0.875. The fraction of sp³-hybridized carbons (Fsp3) is 0.462. The van der Waals surface area contributed by atoms with Crippen molar-refractivity contribution in [1.29, 1.82) is 0 Å². The number of fused-ring (bicyclic) bond motifs is 1. The number of halogens is 1. The van der Waals surface area contributed by atoms with Gasteiger partial charge < -0.3 is 15.5 Å². The van der Waals surface area contributed by atoms with Crippen LogP contribution in [-0.2, 0) is 6.42 Å². The van der Waals surface area contributed by atoms with Crippen molar-refractivity contribution in [3.05, 3.63) is 29.3 Å². The van der Waals surface area contributed by atoms with Gasteiger partial charge in [-0.05, 0) is 31.5 Å². The molecule has 1 aliphatic heterocycles. The molecule has 3 rings (SSSR count). The maximum atomic E-state index is 6.16. The van der Waals surface area contributed by atoms with E-state index in [1.807, 2.05) is 22.7 Å². The average molecular weight is 265 g/mol. The second kappa shape index (κ2) is 4.78. The summed E-state index contributed by atoms with van der Waals surface area (Å²) < 4.78 is 2.04. The first-order valence-corrected chi connectivity index (χ1v) is 6.77. The zero-order valence-corrected chi connectivity index (χ0v) is 11.0. The Morgan fingerprint density at radius 1 is 1.50 bits per heavy atom.